The first-order chi connectivity index (χ1) is 19.8. The van der Waals surface area contributed by atoms with Crippen molar-refractivity contribution in [3.63, 3.8) is 0 Å². The molecule has 206 valence electrons. The molecule has 1 aliphatic heterocycles. The monoisotopic (exact) mass is 568 g/mol. The number of benzene rings is 3. The van der Waals surface area contributed by atoms with E-state index in [1.807, 2.05) is 36.4 Å². The predicted octanol–water partition coefficient (Wildman–Crippen LogP) is 5.98. The zero-order valence-electron chi connectivity index (χ0n) is 22.2. The number of nitrogens with zero attached hydrogens (tertiary/aromatic N) is 3. The lowest BCUT2D eigenvalue weighted by Crippen LogP contribution is -2.45. The highest BCUT2D eigenvalue weighted by Gasteiger charge is 2.55. The zero-order chi connectivity index (χ0) is 28.4. The summed E-state index contributed by atoms with van der Waals surface area (Å²) in [4.78, 5) is 44.1. The zero-order valence-corrected chi connectivity index (χ0v) is 23.0. The van der Waals surface area contributed by atoms with Crippen molar-refractivity contribution < 1.29 is 18.8 Å². The fraction of sp³-hybridized carbons (Fsp3) is 0.250. The van der Waals surface area contributed by atoms with Crippen LogP contribution < -0.4 is 0 Å². The van der Waals surface area contributed by atoms with Crippen LogP contribution in [0.5, 0.6) is 0 Å². The molecule has 41 heavy (non-hydrogen) atoms. The summed E-state index contributed by atoms with van der Waals surface area (Å²) in [6.07, 6.45) is 3.08. The minimum absolute atomic E-state index is 0.00747. The van der Waals surface area contributed by atoms with Crippen LogP contribution in [0, 0.1) is 11.7 Å². The van der Waals surface area contributed by atoms with Crippen LogP contribution in [0.15, 0.2) is 66.9 Å². The minimum Gasteiger partial charge on any atom is -0.360 e. The van der Waals surface area contributed by atoms with E-state index in [-0.39, 0.29) is 48.0 Å². The molecule has 1 saturated carbocycles. The molecule has 7 rings (SSSR count). The first kappa shape index (κ1) is 25.7. The molecule has 0 radical (unpaired) electrons. The number of ketones is 2. The van der Waals surface area contributed by atoms with Gasteiger partial charge in [0.1, 0.15) is 18.1 Å². The Balaban J connectivity index is 1.14. The van der Waals surface area contributed by atoms with Crippen LogP contribution >= 0.6 is 11.6 Å². The summed E-state index contributed by atoms with van der Waals surface area (Å²) in [5.41, 5.74) is 2.87. The van der Waals surface area contributed by atoms with Gasteiger partial charge in [0.05, 0.1) is 22.1 Å². The summed E-state index contributed by atoms with van der Waals surface area (Å²) in [5, 5.41) is 6.46. The molecule has 9 heteroatoms. The molecule has 5 aromatic rings. The summed E-state index contributed by atoms with van der Waals surface area (Å²) in [5.74, 6) is -0.812. The van der Waals surface area contributed by atoms with Crippen molar-refractivity contribution in [3.05, 3.63) is 89.0 Å². The van der Waals surface area contributed by atoms with Crippen LogP contribution in [0.2, 0.25) is 5.02 Å². The van der Waals surface area contributed by atoms with Crippen LogP contribution in [-0.2, 0) is 22.6 Å². The Bertz CT molecular complexity index is 1890. The molecule has 1 saturated heterocycles. The van der Waals surface area contributed by atoms with Gasteiger partial charge in [-0.05, 0) is 36.5 Å². The standard InChI is InChI=1S/C32H26ClFN4O3/c1-17(39)31-23-6-2-3-8-24(23)37(36-31)16-28(41)38-25-13-20(25)14-26(38)27(40)15-19-5-4-7-22(30(19)34)21-10-9-18-11-12-35-32(18)29(21)33/h2-12,20,25-26,35H,13-16H2,1H3/t20-,25-,26+/m1/s1. The number of fused-ring (bicyclic) bond motifs is 3. The number of likely N-dealkylation sites (tertiary alicyclic amines) is 1. The number of nitrogens with one attached hydrogen (secondary N) is 1. The molecule has 2 aliphatic rings. The number of aromatic amines is 1. The minimum atomic E-state index is -0.623. The normalized spacial score (nSPS) is 19.6. The van der Waals surface area contributed by atoms with E-state index in [4.69, 9.17) is 11.6 Å². The molecule has 0 spiro atoms. The predicted molar refractivity (Wildman–Crippen MR) is 154 cm³/mol. The van der Waals surface area contributed by atoms with E-state index in [0.29, 0.717) is 39.2 Å². The summed E-state index contributed by atoms with van der Waals surface area (Å²) in [7, 11) is 0. The molecule has 1 aliphatic carbocycles. The Morgan fingerprint density at radius 1 is 1.02 bits per heavy atom. The van der Waals surface area contributed by atoms with E-state index >= 15 is 4.39 Å². The molecule has 2 fully saturated rings. The van der Waals surface area contributed by atoms with Gasteiger partial charge in [0, 0.05) is 47.5 Å². The van der Waals surface area contributed by atoms with Crippen LogP contribution in [0.3, 0.4) is 0 Å². The lowest BCUT2D eigenvalue weighted by molar-refractivity contribution is -0.139. The topological polar surface area (TPSA) is 88.1 Å². The van der Waals surface area contributed by atoms with Gasteiger partial charge < -0.3 is 9.88 Å². The molecule has 1 N–H and O–H groups in total. The van der Waals surface area contributed by atoms with Gasteiger partial charge in [-0.15, -0.1) is 0 Å². The van der Waals surface area contributed by atoms with Crippen LogP contribution in [0.25, 0.3) is 32.9 Å². The van der Waals surface area contributed by atoms with E-state index in [2.05, 4.69) is 10.1 Å². The average molecular weight is 569 g/mol. The highest BCUT2D eigenvalue weighted by atomic mass is 35.5. The Morgan fingerprint density at radius 3 is 2.68 bits per heavy atom. The lowest BCUT2D eigenvalue weighted by Gasteiger charge is -2.27. The van der Waals surface area contributed by atoms with Crippen LogP contribution in [-0.4, -0.2) is 49.2 Å². The number of hydrogen-bond acceptors (Lipinski definition) is 4. The first-order valence-corrected chi connectivity index (χ1v) is 14.0. The number of rotatable bonds is 7. The number of carbonyl (C=O) groups excluding carboxylic acids is 3. The number of hydrogen-bond donors (Lipinski definition) is 1. The lowest BCUT2D eigenvalue weighted by atomic mass is 9.96. The molecule has 7 nitrogen and oxygen atoms in total. The molecule has 2 aromatic heterocycles. The molecular formula is C32H26ClFN4O3. The van der Waals surface area contributed by atoms with Gasteiger partial charge in [-0.25, -0.2) is 4.39 Å². The number of aromatic nitrogens is 3. The van der Waals surface area contributed by atoms with Gasteiger partial charge in [0.15, 0.2) is 11.6 Å². The smallest absolute Gasteiger partial charge is 0.245 e. The Kier molecular flexibility index (Phi) is 6.05. The van der Waals surface area contributed by atoms with E-state index in [0.717, 1.165) is 17.3 Å². The SMILES string of the molecule is CC(=O)c1nn(CC(=O)N2[C@@H]3C[C@@H]3C[C@H]2C(=O)Cc2cccc(-c3ccc4cc[nH]c4c3Cl)c2F)c2ccccc12. The largest absolute Gasteiger partial charge is 0.360 e. The van der Waals surface area contributed by atoms with Crippen molar-refractivity contribution in [2.75, 3.05) is 0 Å². The van der Waals surface area contributed by atoms with Crippen molar-refractivity contribution in [2.45, 2.75) is 44.8 Å². The Hall–Kier alpha value is -4.30. The van der Waals surface area contributed by atoms with Gasteiger partial charge >= 0.3 is 0 Å². The molecule has 1 amide bonds. The number of para-hydroxylation sites is 1. The van der Waals surface area contributed by atoms with Gasteiger partial charge in [-0.3, -0.25) is 19.1 Å². The third-order valence-electron chi connectivity index (χ3n) is 8.44. The van der Waals surface area contributed by atoms with Crippen LogP contribution in [0.4, 0.5) is 4.39 Å². The van der Waals surface area contributed by atoms with E-state index in [1.165, 1.54) is 6.92 Å². The number of H-pyrrole nitrogens is 1. The number of carbonyl (C=O) groups is 3. The fourth-order valence-electron chi connectivity index (χ4n) is 6.35. The number of halogens is 2. The summed E-state index contributed by atoms with van der Waals surface area (Å²) >= 11 is 6.61. The highest BCUT2D eigenvalue weighted by Crippen LogP contribution is 2.48. The Morgan fingerprint density at radius 2 is 1.85 bits per heavy atom. The van der Waals surface area contributed by atoms with E-state index in [9.17, 15) is 14.4 Å². The van der Waals surface area contributed by atoms with Gasteiger partial charge in [0.25, 0.3) is 0 Å². The van der Waals surface area contributed by atoms with Gasteiger partial charge in [-0.2, -0.15) is 5.10 Å². The molecule has 0 bridgehead atoms. The van der Waals surface area contributed by atoms with E-state index < -0.39 is 11.9 Å². The third kappa shape index (κ3) is 4.25. The summed E-state index contributed by atoms with van der Waals surface area (Å²) in [6, 6.07) is 17.2. The third-order valence-corrected chi connectivity index (χ3v) is 8.83. The number of Topliss-reactive ketones (excluding diaryl/α,β-unsaturated/α-hetero) is 2. The van der Waals surface area contributed by atoms with Gasteiger partial charge in [0.2, 0.25) is 5.91 Å². The maximum absolute atomic E-state index is 15.8. The number of piperidine rings is 1. The molecule has 3 heterocycles. The fourth-order valence-corrected chi connectivity index (χ4v) is 6.68. The average Bonchev–Trinajstić information content (AvgIpc) is 3.29. The molecular weight excluding hydrogens is 543 g/mol. The van der Waals surface area contributed by atoms with Crippen molar-refractivity contribution in [2.24, 2.45) is 5.92 Å². The summed E-state index contributed by atoms with van der Waals surface area (Å²) in [6.45, 7) is 1.37. The van der Waals surface area contributed by atoms with Gasteiger partial charge in [-0.1, -0.05) is 60.1 Å². The van der Waals surface area contributed by atoms with Crippen LogP contribution in [0.1, 0.15) is 35.8 Å². The maximum Gasteiger partial charge on any atom is 0.245 e. The van der Waals surface area contributed by atoms with E-state index in [1.54, 1.807) is 40.0 Å². The maximum atomic E-state index is 15.8. The number of amides is 1. The van der Waals surface area contributed by atoms with Crippen molar-refractivity contribution in [1.29, 1.82) is 0 Å². The van der Waals surface area contributed by atoms with Crippen molar-refractivity contribution >= 4 is 50.9 Å². The molecule has 3 atom stereocenters. The Labute approximate surface area is 239 Å². The summed E-state index contributed by atoms with van der Waals surface area (Å²) < 4.78 is 17.4. The van der Waals surface area contributed by atoms with Crippen molar-refractivity contribution in [3.8, 4) is 11.1 Å². The first-order valence-electron chi connectivity index (χ1n) is 13.7. The second kappa shape index (κ2) is 9.66. The molecule has 3 aromatic carbocycles. The van der Waals surface area contributed by atoms with Crippen molar-refractivity contribution in [1.82, 2.24) is 19.7 Å². The second-order valence-electron chi connectivity index (χ2n) is 11.0. The highest BCUT2D eigenvalue weighted by molar-refractivity contribution is 6.37. The second-order valence-corrected chi connectivity index (χ2v) is 11.4. The molecule has 0 unspecified atom stereocenters. The quantitative estimate of drug-likeness (QED) is 0.245.